The smallest absolute Gasteiger partial charge is 0.310 e. The van der Waals surface area contributed by atoms with Crippen molar-refractivity contribution >= 4 is 29.2 Å². The summed E-state index contributed by atoms with van der Waals surface area (Å²) >= 11 is 0. The number of hydrogen-bond donors (Lipinski definition) is 1. The molecule has 0 aliphatic carbocycles. The average Bonchev–Trinajstić information content (AvgIpc) is 2.78. The number of piperazine rings is 1. The van der Waals surface area contributed by atoms with Gasteiger partial charge >= 0.3 is 5.97 Å². The standard InChI is InChI=1S/C23H27N3O5/c1-17(27)24-19-9-7-18(8-10-19)15-23(29)31-16-22(28)26-13-11-25(12-14-26)20-5-3-4-6-21(20)30-2/h3-10H,11-16H2,1-2H3,(H,24,27). The number of carbonyl (C=O) groups is 3. The van der Waals surface area contributed by atoms with Crippen molar-refractivity contribution in [3.8, 4) is 5.75 Å². The molecule has 0 spiro atoms. The van der Waals surface area contributed by atoms with Gasteiger partial charge in [-0.15, -0.1) is 0 Å². The van der Waals surface area contributed by atoms with E-state index in [-0.39, 0.29) is 24.8 Å². The zero-order chi connectivity index (χ0) is 22.2. The first kappa shape index (κ1) is 22.1. The molecule has 1 saturated heterocycles. The van der Waals surface area contributed by atoms with Gasteiger partial charge in [-0.1, -0.05) is 24.3 Å². The summed E-state index contributed by atoms with van der Waals surface area (Å²) in [7, 11) is 1.64. The molecular weight excluding hydrogens is 398 g/mol. The van der Waals surface area contributed by atoms with E-state index in [1.54, 1.807) is 36.3 Å². The van der Waals surface area contributed by atoms with Crippen molar-refractivity contribution in [1.29, 1.82) is 0 Å². The molecule has 1 N–H and O–H groups in total. The van der Waals surface area contributed by atoms with Crippen LogP contribution < -0.4 is 15.0 Å². The predicted octanol–water partition coefficient (Wildman–Crippen LogP) is 2.09. The molecule has 164 valence electrons. The SMILES string of the molecule is COc1ccccc1N1CCN(C(=O)COC(=O)Cc2ccc(NC(C)=O)cc2)CC1. The van der Waals surface area contributed by atoms with Crippen LogP contribution in [-0.4, -0.2) is 62.6 Å². The number of esters is 1. The van der Waals surface area contributed by atoms with Gasteiger partial charge in [0.05, 0.1) is 19.2 Å². The number of rotatable bonds is 7. The third-order valence-electron chi connectivity index (χ3n) is 5.04. The van der Waals surface area contributed by atoms with Crippen molar-refractivity contribution < 1.29 is 23.9 Å². The summed E-state index contributed by atoms with van der Waals surface area (Å²) in [6.07, 6.45) is 0.0647. The lowest BCUT2D eigenvalue weighted by molar-refractivity contribution is -0.151. The summed E-state index contributed by atoms with van der Waals surface area (Å²) < 4.78 is 10.6. The van der Waals surface area contributed by atoms with Gasteiger partial charge in [0.25, 0.3) is 5.91 Å². The van der Waals surface area contributed by atoms with Gasteiger partial charge in [-0.25, -0.2) is 0 Å². The van der Waals surface area contributed by atoms with Crippen LogP contribution in [0.2, 0.25) is 0 Å². The number of nitrogens with zero attached hydrogens (tertiary/aromatic N) is 2. The number of nitrogens with one attached hydrogen (secondary N) is 1. The van der Waals surface area contributed by atoms with Crippen LogP contribution in [0.15, 0.2) is 48.5 Å². The molecule has 0 radical (unpaired) electrons. The van der Waals surface area contributed by atoms with Gasteiger partial charge in [-0.05, 0) is 29.8 Å². The number of methoxy groups -OCH3 is 1. The zero-order valence-corrected chi connectivity index (χ0v) is 17.8. The number of benzene rings is 2. The summed E-state index contributed by atoms with van der Waals surface area (Å²) in [5, 5.41) is 2.67. The maximum absolute atomic E-state index is 12.4. The van der Waals surface area contributed by atoms with Gasteiger partial charge in [-0.2, -0.15) is 0 Å². The second-order valence-corrected chi connectivity index (χ2v) is 7.26. The molecule has 1 aliphatic heterocycles. The summed E-state index contributed by atoms with van der Waals surface area (Å²) in [6, 6.07) is 14.7. The topological polar surface area (TPSA) is 88.2 Å². The van der Waals surface area contributed by atoms with Crippen LogP contribution in [-0.2, 0) is 25.5 Å². The lowest BCUT2D eigenvalue weighted by atomic mass is 10.1. The maximum Gasteiger partial charge on any atom is 0.310 e. The minimum atomic E-state index is -0.465. The summed E-state index contributed by atoms with van der Waals surface area (Å²) in [6.45, 7) is 3.64. The van der Waals surface area contributed by atoms with Crippen molar-refractivity contribution in [2.45, 2.75) is 13.3 Å². The quantitative estimate of drug-likeness (QED) is 0.684. The Bertz CT molecular complexity index is 921. The fourth-order valence-electron chi connectivity index (χ4n) is 3.45. The monoisotopic (exact) mass is 425 g/mol. The Morgan fingerprint density at radius 2 is 1.65 bits per heavy atom. The van der Waals surface area contributed by atoms with Crippen molar-refractivity contribution in [2.75, 3.05) is 50.1 Å². The van der Waals surface area contributed by atoms with E-state index in [1.165, 1.54) is 6.92 Å². The van der Waals surface area contributed by atoms with Gasteiger partial charge in [0.2, 0.25) is 5.91 Å². The fourth-order valence-corrected chi connectivity index (χ4v) is 3.45. The number of amides is 2. The highest BCUT2D eigenvalue weighted by molar-refractivity contribution is 5.88. The van der Waals surface area contributed by atoms with E-state index < -0.39 is 5.97 Å². The van der Waals surface area contributed by atoms with Gasteiger partial charge < -0.3 is 24.6 Å². The molecule has 3 rings (SSSR count). The van der Waals surface area contributed by atoms with Crippen molar-refractivity contribution in [3.05, 3.63) is 54.1 Å². The van der Waals surface area contributed by atoms with Crippen molar-refractivity contribution in [2.24, 2.45) is 0 Å². The molecular formula is C23H27N3O5. The number of para-hydroxylation sites is 2. The van der Waals surface area contributed by atoms with Crippen molar-refractivity contribution in [1.82, 2.24) is 4.90 Å². The van der Waals surface area contributed by atoms with E-state index in [4.69, 9.17) is 9.47 Å². The van der Waals surface area contributed by atoms with E-state index in [0.29, 0.717) is 31.9 Å². The summed E-state index contributed by atoms with van der Waals surface area (Å²) in [5.41, 5.74) is 2.41. The Balaban J connectivity index is 1.43. The molecule has 2 aromatic rings. The van der Waals surface area contributed by atoms with E-state index in [0.717, 1.165) is 17.0 Å². The van der Waals surface area contributed by atoms with Crippen LogP contribution in [0.3, 0.4) is 0 Å². The highest BCUT2D eigenvalue weighted by Crippen LogP contribution is 2.28. The fraction of sp³-hybridized carbons (Fsp3) is 0.348. The van der Waals surface area contributed by atoms with E-state index >= 15 is 0 Å². The Morgan fingerprint density at radius 1 is 0.968 bits per heavy atom. The summed E-state index contributed by atoms with van der Waals surface area (Å²) in [4.78, 5) is 39.5. The van der Waals surface area contributed by atoms with Crippen LogP contribution in [0.1, 0.15) is 12.5 Å². The molecule has 2 amide bonds. The van der Waals surface area contributed by atoms with Crippen LogP contribution in [0, 0.1) is 0 Å². The first-order valence-corrected chi connectivity index (χ1v) is 10.1. The van der Waals surface area contributed by atoms with Crippen LogP contribution in [0.25, 0.3) is 0 Å². The van der Waals surface area contributed by atoms with Crippen LogP contribution in [0.4, 0.5) is 11.4 Å². The van der Waals surface area contributed by atoms with Gasteiger partial charge in [-0.3, -0.25) is 14.4 Å². The number of hydrogen-bond acceptors (Lipinski definition) is 6. The Labute approximate surface area is 181 Å². The first-order valence-electron chi connectivity index (χ1n) is 10.1. The third kappa shape index (κ3) is 6.21. The Kier molecular flexibility index (Phi) is 7.48. The lowest BCUT2D eigenvalue weighted by Crippen LogP contribution is -2.50. The van der Waals surface area contributed by atoms with E-state index in [1.807, 2.05) is 24.3 Å². The second kappa shape index (κ2) is 10.5. The summed E-state index contributed by atoms with van der Waals surface area (Å²) in [5.74, 6) is -0.0157. The molecule has 8 heteroatoms. The van der Waals surface area contributed by atoms with Crippen molar-refractivity contribution in [3.63, 3.8) is 0 Å². The highest BCUT2D eigenvalue weighted by Gasteiger charge is 2.23. The maximum atomic E-state index is 12.4. The zero-order valence-electron chi connectivity index (χ0n) is 17.8. The number of anilines is 2. The van der Waals surface area contributed by atoms with E-state index in [9.17, 15) is 14.4 Å². The van der Waals surface area contributed by atoms with E-state index in [2.05, 4.69) is 10.2 Å². The minimum Gasteiger partial charge on any atom is -0.495 e. The number of ether oxygens (including phenoxy) is 2. The molecule has 31 heavy (non-hydrogen) atoms. The first-order chi connectivity index (χ1) is 15.0. The van der Waals surface area contributed by atoms with Gasteiger partial charge in [0.15, 0.2) is 6.61 Å². The Hall–Kier alpha value is -3.55. The molecule has 1 fully saturated rings. The normalized spacial score (nSPS) is 13.5. The molecule has 1 aliphatic rings. The molecule has 0 bridgehead atoms. The van der Waals surface area contributed by atoms with Crippen LogP contribution in [0.5, 0.6) is 5.75 Å². The predicted molar refractivity (Wildman–Crippen MR) is 117 cm³/mol. The average molecular weight is 425 g/mol. The van der Waals surface area contributed by atoms with Gasteiger partial charge in [0.1, 0.15) is 5.75 Å². The number of carbonyl (C=O) groups excluding carboxylic acids is 3. The lowest BCUT2D eigenvalue weighted by Gasteiger charge is -2.36. The second-order valence-electron chi connectivity index (χ2n) is 7.26. The molecule has 0 saturated carbocycles. The molecule has 0 unspecified atom stereocenters. The molecule has 2 aromatic carbocycles. The van der Waals surface area contributed by atoms with Gasteiger partial charge in [0, 0.05) is 38.8 Å². The molecule has 0 atom stereocenters. The molecule has 8 nitrogen and oxygen atoms in total. The molecule has 1 heterocycles. The Morgan fingerprint density at radius 3 is 2.29 bits per heavy atom. The largest absolute Gasteiger partial charge is 0.495 e. The van der Waals surface area contributed by atoms with Crippen LogP contribution >= 0.6 is 0 Å². The minimum absolute atomic E-state index is 0.0647. The third-order valence-corrected chi connectivity index (χ3v) is 5.04. The molecule has 0 aromatic heterocycles. The highest BCUT2D eigenvalue weighted by atomic mass is 16.5.